The van der Waals surface area contributed by atoms with Crippen molar-refractivity contribution < 1.29 is 0 Å². The minimum Gasteiger partial charge on any atom is -0.0887 e. The lowest BCUT2D eigenvalue weighted by Crippen LogP contribution is -1.74. The van der Waals surface area contributed by atoms with Crippen LogP contribution in [0.4, 0.5) is 0 Å². The molecule has 1 radical (unpaired) electrons. The van der Waals surface area contributed by atoms with Gasteiger partial charge in [0.15, 0.2) is 0 Å². The van der Waals surface area contributed by atoms with Crippen LogP contribution in [0.3, 0.4) is 0 Å². The number of hydrogen-bond acceptors (Lipinski definition) is 0. The molecule has 0 spiro atoms. The minimum absolute atomic E-state index is 1.13. The van der Waals surface area contributed by atoms with Crippen molar-refractivity contribution in [3.05, 3.63) is 30.2 Å². The fraction of sp³-hybridized carbons (Fsp3) is 0.500. The lowest BCUT2D eigenvalue weighted by atomic mass is 10.1. The molecule has 0 aromatic heterocycles. The van der Waals surface area contributed by atoms with Gasteiger partial charge in [0.1, 0.15) is 0 Å². The molecule has 0 aromatic carbocycles. The SMILES string of the molecule is [CH2]C(C)=CCCC(C)=CC. The standard InChI is InChI=1S/C10H17/c1-5-10(4)8-6-7-9(2)3/h5,7H,2,6,8H2,1,3-4H3. The Bertz CT molecular complexity index is 134. The van der Waals surface area contributed by atoms with E-state index in [0.29, 0.717) is 0 Å². The number of rotatable bonds is 3. The van der Waals surface area contributed by atoms with Gasteiger partial charge in [-0.25, -0.2) is 0 Å². The van der Waals surface area contributed by atoms with Gasteiger partial charge in [0.05, 0.1) is 0 Å². The van der Waals surface area contributed by atoms with Crippen LogP contribution in [0.1, 0.15) is 33.6 Å². The molecule has 0 rings (SSSR count). The third kappa shape index (κ3) is 5.61. The fourth-order valence-electron chi connectivity index (χ4n) is 0.691. The minimum atomic E-state index is 1.13. The monoisotopic (exact) mass is 137 g/mol. The molecule has 0 N–H and O–H groups in total. The quantitative estimate of drug-likeness (QED) is 0.522. The van der Waals surface area contributed by atoms with Gasteiger partial charge in [0.2, 0.25) is 0 Å². The summed E-state index contributed by atoms with van der Waals surface area (Å²) >= 11 is 0. The Morgan fingerprint density at radius 2 is 2.00 bits per heavy atom. The summed E-state index contributed by atoms with van der Waals surface area (Å²) in [6.07, 6.45) is 6.63. The van der Waals surface area contributed by atoms with E-state index in [0.717, 1.165) is 6.42 Å². The molecular formula is C10H17. The third-order valence-electron chi connectivity index (χ3n) is 1.52. The van der Waals surface area contributed by atoms with Gasteiger partial charge in [-0.2, -0.15) is 0 Å². The van der Waals surface area contributed by atoms with Crippen LogP contribution >= 0.6 is 0 Å². The van der Waals surface area contributed by atoms with E-state index in [1.165, 1.54) is 17.6 Å². The Hall–Kier alpha value is -0.520. The molecule has 0 saturated carbocycles. The zero-order valence-electron chi connectivity index (χ0n) is 7.28. The molecule has 0 saturated heterocycles. The molecule has 0 amide bonds. The van der Waals surface area contributed by atoms with E-state index in [9.17, 15) is 0 Å². The molecule has 57 valence electrons. The molecule has 0 atom stereocenters. The van der Waals surface area contributed by atoms with Crippen LogP contribution in [-0.2, 0) is 0 Å². The zero-order valence-corrected chi connectivity index (χ0v) is 7.28. The molecule has 0 aliphatic heterocycles. The predicted molar refractivity (Wildman–Crippen MR) is 47.8 cm³/mol. The van der Waals surface area contributed by atoms with Gasteiger partial charge in [-0.05, 0) is 40.5 Å². The largest absolute Gasteiger partial charge is 0.0887 e. The molecule has 0 aliphatic carbocycles. The molecular weight excluding hydrogens is 120 g/mol. The summed E-state index contributed by atoms with van der Waals surface area (Å²) in [6, 6.07) is 0. The number of hydrogen-bond donors (Lipinski definition) is 0. The van der Waals surface area contributed by atoms with Crippen LogP contribution < -0.4 is 0 Å². The van der Waals surface area contributed by atoms with Crippen molar-refractivity contribution in [1.29, 1.82) is 0 Å². The molecule has 0 bridgehead atoms. The lowest BCUT2D eigenvalue weighted by Gasteiger charge is -1.95. The second-order valence-electron chi connectivity index (χ2n) is 2.72. The van der Waals surface area contributed by atoms with Crippen molar-refractivity contribution in [3.8, 4) is 0 Å². The maximum atomic E-state index is 3.80. The second kappa shape index (κ2) is 5.28. The predicted octanol–water partition coefficient (Wildman–Crippen LogP) is 3.51. The third-order valence-corrected chi connectivity index (χ3v) is 1.52. The average Bonchev–Trinajstić information content (AvgIpc) is 1.87. The molecule has 0 unspecified atom stereocenters. The zero-order chi connectivity index (χ0) is 7.98. The van der Waals surface area contributed by atoms with Gasteiger partial charge >= 0.3 is 0 Å². The first-order valence-corrected chi connectivity index (χ1v) is 3.77. The Morgan fingerprint density at radius 3 is 2.40 bits per heavy atom. The first-order chi connectivity index (χ1) is 4.66. The summed E-state index contributed by atoms with van der Waals surface area (Å²) in [4.78, 5) is 0. The van der Waals surface area contributed by atoms with Crippen molar-refractivity contribution >= 4 is 0 Å². The highest BCUT2D eigenvalue weighted by Gasteiger charge is 1.84. The Morgan fingerprint density at radius 1 is 1.40 bits per heavy atom. The van der Waals surface area contributed by atoms with E-state index in [2.05, 4.69) is 32.9 Å². The normalized spacial score (nSPS) is 14.0. The Kier molecular flexibility index (Phi) is 5.00. The van der Waals surface area contributed by atoms with Gasteiger partial charge in [0.25, 0.3) is 0 Å². The highest BCUT2D eigenvalue weighted by Crippen LogP contribution is 2.05. The van der Waals surface area contributed by atoms with E-state index in [-0.39, 0.29) is 0 Å². The van der Waals surface area contributed by atoms with Gasteiger partial charge < -0.3 is 0 Å². The summed E-state index contributed by atoms with van der Waals surface area (Å²) < 4.78 is 0. The maximum absolute atomic E-state index is 3.80. The van der Waals surface area contributed by atoms with E-state index < -0.39 is 0 Å². The van der Waals surface area contributed by atoms with Crippen LogP contribution in [0, 0.1) is 6.92 Å². The molecule has 0 fully saturated rings. The van der Waals surface area contributed by atoms with Gasteiger partial charge in [-0.15, -0.1) is 0 Å². The van der Waals surface area contributed by atoms with Gasteiger partial charge in [-0.1, -0.05) is 23.3 Å². The summed E-state index contributed by atoms with van der Waals surface area (Å²) in [5.74, 6) is 0. The molecule has 0 heterocycles. The topological polar surface area (TPSA) is 0 Å². The van der Waals surface area contributed by atoms with Gasteiger partial charge in [0, 0.05) is 0 Å². The van der Waals surface area contributed by atoms with Crippen molar-refractivity contribution in [2.75, 3.05) is 0 Å². The van der Waals surface area contributed by atoms with Crippen LogP contribution in [0.5, 0.6) is 0 Å². The van der Waals surface area contributed by atoms with Crippen molar-refractivity contribution in [2.45, 2.75) is 33.6 Å². The first kappa shape index (κ1) is 9.48. The van der Waals surface area contributed by atoms with Gasteiger partial charge in [-0.3, -0.25) is 0 Å². The molecule has 0 aliphatic rings. The summed E-state index contributed by atoms with van der Waals surface area (Å²) in [5.41, 5.74) is 2.63. The highest BCUT2D eigenvalue weighted by molar-refractivity contribution is 5.04. The van der Waals surface area contributed by atoms with Crippen molar-refractivity contribution in [3.63, 3.8) is 0 Å². The van der Waals surface area contributed by atoms with Crippen LogP contribution in [0.25, 0.3) is 0 Å². The summed E-state index contributed by atoms with van der Waals surface area (Å²) in [6.45, 7) is 10.1. The molecule has 10 heavy (non-hydrogen) atoms. The number of allylic oxidation sites excluding steroid dienone is 4. The molecule has 0 heteroatoms. The Balaban J connectivity index is 3.47. The van der Waals surface area contributed by atoms with Crippen molar-refractivity contribution in [2.24, 2.45) is 0 Å². The maximum Gasteiger partial charge on any atom is -0.0286 e. The molecule has 0 aromatic rings. The average molecular weight is 137 g/mol. The lowest BCUT2D eigenvalue weighted by molar-refractivity contribution is 0.967. The summed E-state index contributed by atoms with van der Waals surface area (Å²) in [5, 5.41) is 0. The van der Waals surface area contributed by atoms with E-state index in [1.54, 1.807) is 0 Å². The Labute approximate surface area is 64.6 Å². The first-order valence-electron chi connectivity index (χ1n) is 3.77. The molecule has 0 nitrogen and oxygen atoms in total. The van der Waals surface area contributed by atoms with Crippen LogP contribution in [0.2, 0.25) is 0 Å². The smallest absolute Gasteiger partial charge is 0.0286 e. The van der Waals surface area contributed by atoms with Crippen LogP contribution in [0.15, 0.2) is 23.3 Å². The second-order valence-corrected chi connectivity index (χ2v) is 2.72. The summed E-state index contributed by atoms with van der Waals surface area (Å²) in [7, 11) is 0. The van der Waals surface area contributed by atoms with E-state index in [4.69, 9.17) is 0 Å². The highest BCUT2D eigenvalue weighted by atomic mass is 13.9. The fourth-order valence-corrected chi connectivity index (χ4v) is 0.691. The van der Waals surface area contributed by atoms with E-state index >= 15 is 0 Å². The van der Waals surface area contributed by atoms with Crippen molar-refractivity contribution in [1.82, 2.24) is 0 Å². The van der Waals surface area contributed by atoms with Crippen LogP contribution in [-0.4, -0.2) is 0 Å². The van der Waals surface area contributed by atoms with E-state index in [1.807, 2.05) is 6.92 Å².